The third kappa shape index (κ3) is 5.77. The van der Waals surface area contributed by atoms with E-state index in [-0.39, 0.29) is 17.2 Å². The predicted molar refractivity (Wildman–Crippen MR) is 125 cm³/mol. The van der Waals surface area contributed by atoms with Crippen LogP contribution in [-0.4, -0.2) is 36.7 Å². The minimum atomic E-state index is -3.70. The Balaban J connectivity index is 1.35. The smallest absolute Gasteiger partial charge is 0.262 e. The zero-order chi connectivity index (χ0) is 22.4. The van der Waals surface area contributed by atoms with E-state index in [1.807, 2.05) is 23.6 Å². The Kier molecular flexibility index (Phi) is 6.91. The Morgan fingerprint density at radius 3 is 2.69 bits per heavy atom. The lowest BCUT2D eigenvalue weighted by atomic mass is 10.2. The molecule has 0 saturated heterocycles. The van der Waals surface area contributed by atoms with Gasteiger partial charge in [-0.1, -0.05) is 12.5 Å². The number of carbonyl (C=O) groups excluding carboxylic acids is 1. The summed E-state index contributed by atoms with van der Waals surface area (Å²) in [5, 5.41) is 5.37. The van der Waals surface area contributed by atoms with Crippen molar-refractivity contribution in [2.45, 2.75) is 37.0 Å². The lowest BCUT2D eigenvalue weighted by Crippen LogP contribution is -2.30. The zero-order valence-corrected chi connectivity index (χ0v) is 19.0. The molecule has 0 aliphatic carbocycles. The highest BCUT2D eigenvalue weighted by molar-refractivity contribution is 7.90. The molecule has 2 aromatic heterocycles. The maximum absolute atomic E-state index is 12.6. The number of amidine groups is 1. The van der Waals surface area contributed by atoms with Gasteiger partial charge in [-0.2, -0.15) is 0 Å². The predicted octanol–water partition coefficient (Wildman–Crippen LogP) is 3.64. The summed E-state index contributed by atoms with van der Waals surface area (Å²) >= 11 is 1.43. The Morgan fingerprint density at radius 1 is 1.06 bits per heavy atom. The molecule has 0 atom stereocenters. The molecule has 0 unspecified atom stereocenters. The number of benzene rings is 1. The number of hydrogen-bond acceptors (Lipinski definition) is 7. The molecular formula is C22H23N5O3S2. The summed E-state index contributed by atoms with van der Waals surface area (Å²) in [5.41, 5.74) is 1.94. The number of nitrogens with zero attached hydrogens (tertiary/aromatic N) is 3. The summed E-state index contributed by atoms with van der Waals surface area (Å²) in [6.45, 7) is 0.644. The van der Waals surface area contributed by atoms with Crippen molar-refractivity contribution in [3.05, 3.63) is 59.7 Å². The average Bonchev–Trinajstić information content (AvgIpc) is 3.10. The van der Waals surface area contributed by atoms with Crippen LogP contribution in [0.25, 0.3) is 10.7 Å². The van der Waals surface area contributed by atoms with E-state index in [1.165, 1.54) is 23.5 Å². The number of rotatable bonds is 6. The van der Waals surface area contributed by atoms with Gasteiger partial charge in [0, 0.05) is 30.2 Å². The quantitative estimate of drug-likeness (QED) is 0.572. The van der Waals surface area contributed by atoms with Crippen LogP contribution in [-0.2, 0) is 21.2 Å². The van der Waals surface area contributed by atoms with E-state index in [2.05, 4.69) is 25.0 Å². The maximum Gasteiger partial charge on any atom is 0.262 e. The summed E-state index contributed by atoms with van der Waals surface area (Å²) in [6.07, 6.45) is 5.40. The van der Waals surface area contributed by atoms with Crippen molar-refractivity contribution < 1.29 is 13.2 Å². The summed E-state index contributed by atoms with van der Waals surface area (Å²) in [7, 11) is -3.70. The summed E-state index contributed by atoms with van der Waals surface area (Å²) in [4.78, 5) is 25.6. The van der Waals surface area contributed by atoms with Crippen LogP contribution < -0.4 is 10.0 Å². The highest BCUT2D eigenvalue weighted by Crippen LogP contribution is 2.22. The van der Waals surface area contributed by atoms with Gasteiger partial charge in [-0.3, -0.25) is 19.5 Å². The minimum absolute atomic E-state index is 0.116. The van der Waals surface area contributed by atoms with Crippen molar-refractivity contribution in [1.29, 1.82) is 0 Å². The normalized spacial score (nSPS) is 14.3. The molecule has 1 aliphatic heterocycles. The highest BCUT2D eigenvalue weighted by atomic mass is 32.2. The number of anilines is 1. The molecule has 3 heterocycles. The number of carbonyl (C=O) groups is 1. The second kappa shape index (κ2) is 10.0. The van der Waals surface area contributed by atoms with E-state index in [4.69, 9.17) is 0 Å². The zero-order valence-electron chi connectivity index (χ0n) is 17.3. The number of nitrogens with one attached hydrogen (secondary N) is 2. The number of thiazole rings is 1. The summed E-state index contributed by atoms with van der Waals surface area (Å²) in [6, 6.07) is 11.7. The molecule has 0 bridgehead atoms. The average molecular weight is 470 g/mol. The topological polar surface area (TPSA) is 113 Å². The van der Waals surface area contributed by atoms with Gasteiger partial charge in [0.25, 0.3) is 10.0 Å². The lowest BCUT2D eigenvalue weighted by Gasteiger charge is -2.10. The first kappa shape index (κ1) is 22.1. The molecule has 0 spiro atoms. The van der Waals surface area contributed by atoms with Crippen LogP contribution >= 0.6 is 11.3 Å². The molecule has 4 rings (SSSR count). The van der Waals surface area contributed by atoms with Crippen LogP contribution in [0.2, 0.25) is 0 Å². The van der Waals surface area contributed by atoms with Crippen LogP contribution in [0.4, 0.5) is 5.69 Å². The molecule has 1 amide bonds. The van der Waals surface area contributed by atoms with Crippen molar-refractivity contribution in [3.8, 4) is 10.7 Å². The van der Waals surface area contributed by atoms with Crippen LogP contribution in [0.1, 0.15) is 31.4 Å². The Hall–Kier alpha value is -3.11. The van der Waals surface area contributed by atoms with Gasteiger partial charge < -0.3 is 5.32 Å². The maximum atomic E-state index is 12.6. The van der Waals surface area contributed by atoms with Crippen LogP contribution in [0, 0.1) is 0 Å². The van der Waals surface area contributed by atoms with Crippen LogP contribution in [0.15, 0.2) is 63.9 Å². The van der Waals surface area contributed by atoms with Gasteiger partial charge in [0.15, 0.2) is 0 Å². The fraction of sp³-hybridized carbons (Fsp3) is 0.273. The van der Waals surface area contributed by atoms with Gasteiger partial charge in [-0.05, 0) is 49.2 Å². The van der Waals surface area contributed by atoms with Crippen LogP contribution in [0.3, 0.4) is 0 Å². The highest BCUT2D eigenvalue weighted by Gasteiger charge is 2.17. The van der Waals surface area contributed by atoms with Gasteiger partial charge >= 0.3 is 0 Å². The molecule has 32 heavy (non-hydrogen) atoms. The number of sulfonamides is 1. The molecule has 1 aromatic carbocycles. The van der Waals surface area contributed by atoms with Gasteiger partial charge in [0.1, 0.15) is 10.8 Å². The van der Waals surface area contributed by atoms with Crippen molar-refractivity contribution in [3.63, 3.8) is 0 Å². The number of hydrogen-bond donors (Lipinski definition) is 2. The van der Waals surface area contributed by atoms with Crippen LogP contribution in [0.5, 0.6) is 0 Å². The largest absolute Gasteiger partial charge is 0.326 e. The third-order valence-corrected chi connectivity index (χ3v) is 7.16. The van der Waals surface area contributed by atoms with Gasteiger partial charge in [-0.15, -0.1) is 11.3 Å². The molecule has 0 fully saturated rings. The van der Waals surface area contributed by atoms with E-state index in [0.29, 0.717) is 30.2 Å². The number of pyridine rings is 1. The number of aromatic nitrogens is 2. The Bertz CT molecular complexity index is 1210. The van der Waals surface area contributed by atoms with E-state index < -0.39 is 10.0 Å². The Morgan fingerprint density at radius 2 is 1.91 bits per heavy atom. The summed E-state index contributed by atoms with van der Waals surface area (Å²) in [5.74, 6) is 0.276. The molecule has 3 aromatic rings. The van der Waals surface area contributed by atoms with Gasteiger partial charge in [0.05, 0.1) is 22.7 Å². The monoisotopic (exact) mass is 469 g/mol. The molecule has 8 nitrogen and oxygen atoms in total. The van der Waals surface area contributed by atoms with Gasteiger partial charge in [0.2, 0.25) is 5.91 Å². The van der Waals surface area contributed by atoms with E-state index in [9.17, 15) is 13.2 Å². The van der Waals surface area contributed by atoms with Crippen molar-refractivity contribution in [2.75, 3.05) is 11.9 Å². The summed E-state index contributed by atoms with van der Waals surface area (Å²) < 4.78 is 27.8. The lowest BCUT2D eigenvalue weighted by molar-refractivity contribution is -0.115. The van der Waals surface area contributed by atoms with Crippen molar-refractivity contribution >= 4 is 38.8 Å². The second-order valence-corrected chi connectivity index (χ2v) is 9.89. The molecule has 1 aliphatic rings. The molecule has 166 valence electrons. The van der Waals surface area contributed by atoms with E-state index in [1.54, 1.807) is 18.3 Å². The second-order valence-electron chi connectivity index (χ2n) is 7.35. The first-order chi connectivity index (χ1) is 15.5. The van der Waals surface area contributed by atoms with E-state index in [0.717, 1.165) is 30.0 Å². The first-order valence-corrected chi connectivity index (χ1v) is 12.7. The van der Waals surface area contributed by atoms with Crippen molar-refractivity contribution in [2.24, 2.45) is 4.99 Å². The standard InChI is InChI=1S/C22H23N5O3S2/c28-21(14-17-15-31-22(26-17)19-6-3-5-12-23-19)25-16-8-10-18(11-9-16)32(29,30)27-20-7-2-1-4-13-24-20/h3,5-6,8-12,15H,1-2,4,7,13-14H2,(H,24,27)(H,25,28). The Labute approximate surface area is 190 Å². The molecule has 10 heteroatoms. The number of amides is 1. The molecule has 0 radical (unpaired) electrons. The molecule has 2 N–H and O–H groups in total. The molecular weight excluding hydrogens is 446 g/mol. The fourth-order valence-electron chi connectivity index (χ4n) is 3.25. The number of aliphatic imine (C=N–C) groups is 1. The fourth-order valence-corrected chi connectivity index (χ4v) is 5.14. The van der Waals surface area contributed by atoms with E-state index >= 15 is 0 Å². The van der Waals surface area contributed by atoms with Crippen molar-refractivity contribution in [1.82, 2.24) is 14.7 Å². The third-order valence-electron chi connectivity index (χ3n) is 4.85. The van der Waals surface area contributed by atoms with Gasteiger partial charge in [-0.25, -0.2) is 13.4 Å². The SMILES string of the molecule is O=C(Cc1csc(-c2ccccn2)n1)Nc1ccc(S(=O)(=O)NC2=NCCCCC2)cc1. The minimum Gasteiger partial charge on any atom is -0.326 e. The molecule has 0 saturated carbocycles. The first-order valence-electron chi connectivity index (χ1n) is 10.3.